The van der Waals surface area contributed by atoms with Gasteiger partial charge in [0.1, 0.15) is 11.7 Å². The van der Waals surface area contributed by atoms with Crippen molar-refractivity contribution < 1.29 is 14.7 Å². The molecule has 136 valence electrons. The molecule has 0 saturated carbocycles. The van der Waals surface area contributed by atoms with Gasteiger partial charge in [0.2, 0.25) is 5.91 Å². The normalized spacial score (nSPS) is 22.3. The highest BCUT2D eigenvalue weighted by Gasteiger charge is 2.50. The second-order valence-corrected chi connectivity index (χ2v) is 8.37. The Morgan fingerprint density at radius 1 is 1.15 bits per heavy atom. The predicted molar refractivity (Wildman–Crippen MR) is 105 cm³/mol. The van der Waals surface area contributed by atoms with Crippen molar-refractivity contribution in [1.29, 1.82) is 0 Å². The van der Waals surface area contributed by atoms with Gasteiger partial charge in [0.15, 0.2) is 5.78 Å². The molecule has 0 aliphatic carbocycles. The Bertz CT molecular complexity index is 862. The maximum atomic E-state index is 13.4. The van der Waals surface area contributed by atoms with Crippen molar-refractivity contribution in [3.63, 3.8) is 0 Å². The fraction of sp³-hybridized carbons (Fsp3) is 0.333. The highest BCUT2D eigenvalue weighted by Crippen LogP contribution is 2.44. The van der Waals surface area contributed by atoms with Crippen molar-refractivity contribution in [1.82, 2.24) is 0 Å². The van der Waals surface area contributed by atoms with Gasteiger partial charge in [0.05, 0.1) is 11.3 Å². The third-order valence-electron chi connectivity index (χ3n) is 5.07. The van der Waals surface area contributed by atoms with Crippen LogP contribution >= 0.6 is 15.9 Å². The van der Waals surface area contributed by atoms with Crippen LogP contribution in [-0.4, -0.2) is 22.8 Å². The molecule has 2 aromatic carbocycles. The topological polar surface area (TPSA) is 57.6 Å². The molecule has 1 fully saturated rings. The zero-order chi connectivity index (χ0) is 19.1. The van der Waals surface area contributed by atoms with Crippen LogP contribution in [0.2, 0.25) is 0 Å². The Morgan fingerprint density at radius 2 is 1.77 bits per heavy atom. The first-order valence-electron chi connectivity index (χ1n) is 8.64. The maximum Gasteiger partial charge on any atom is 0.238 e. The summed E-state index contributed by atoms with van der Waals surface area (Å²) in [7, 11) is 0. The predicted octanol–water partition coefficient (Wildman–Crippen LogP) is 4.81. The lowest BCUT2D eigenvalue weighted by molar-refractivity contribution is -0.127. The molecule has 2 aromatic rings. The lowest BCUT2D eigenvalue weighted by atomic mass is 9.67. The Balaban J connectivity index is 2.06. The van der Waals surface area contributed by atoms with E-state index < -0.39 is 11.3 Å². The molecule has 2 atom stereocenters. The lowest BCUT2D eigenvalue weighted by Gasteiger charge is -2.46. The average molecular weight is 416 g/mol. The quantitative estimate of drug-likeness (QED) is 0.578. The number of hydrogen-bond donors (Lipinski definition) is 1. The number of halogens is 1. The number of nitrogens with zero attached hydrogens (tertiary/aromatic N) is 1. The number of carbonyl (C=O) groups excluding carboxylic acids is 2. The second kappa shape index (κ2) is 6.88. The van der Waals surface area contributed by atoms with Gasteiger partial charge in [-0.25, -0.2) is 0 Å². The molecule has 1 aliphatic heterocycles. The number of hydrogen-bond acceptors (Lipinski definition) is 3. The fourth-order valence-electron chi connectivity index (χ4n) is 3.97. The Morgan fingerprint density at radius 3 is 2.42 bits per heavy atom. The fourth-order valence-corrected chi connectivity index (χ4v) is 4.44. The minimum absolute atomic E-state index is 0.0374. The van der Waals surface area contributed by atoms with Crippen molar-refractivity contribution in [3.05, 3.63) is 58.6 Å². The molecule has 26 heavy (non-hydrogen) atoms. The zero-order valence-corrected chi connectivity index (χ0v) is 16.7. The van der Waals surface area contributed by atoms with Gasteiger partial charge >= 0.3 is 0 Å². The average Bonchev–Trinajstić information content (AvgIpc) is 2.55. The van der Waals surface area contributed by atoms with Crippen LogP contribution in [0.25, 0.3) is 0 Å². The molecule has 1 amide bonds. The summed E-state index contributed by atoms with van der Waals surface area (Å²) in [6, 6.07) is 13.9. The van der Waals surface area contributed by atoms with E-state index in [-0.39, 0.29) is 29.0 Å². The summed E-state index contributed by atoms with van der Waals surface area (Å²) in [5.74, 6) is -1.50. The van der Waals surface area contributed by atoms with Crippen LogP contribution in [0.15, 0.2) is 53.0 Å². The van der Waals surface area contributed by atoms with Crippen LogP contribution in [-0.2, 0) is 4.79 Å². The molecule has 1 N–H and O–H groups in total. The van der Waals surface area contributed by atoms with Gasteiger partial charge in [-0.3, -0.25) is 9.59 Å². The van der Waals surface area contributed by atoms with Crippen LogP contribution in [0.5, 0.6) is 5.75 Å². The number of benzene rings is 2. The van der Waals surface area contributed by atoms with Crippen LogP contribution in [0.4, 0.5) is 5.69 Å². The molecule has 2 unspecified atom stereocenters. The molecule has 0 radical (unpaired) electrons. The number of piperidine rings is 1. The largest absolute Gasteiger partial charge is 0.507 e. The highest BCUT2D eigenvalue weighted by atomic mass is 79.9. The van der Waals surface area contributed by atoms with Crippen molar-refractivity contribution in [2.75, 3.05) is 4.90 Å². The molecule has 0 spiro atoms. The van der Waals surface area contributed by atoms with Gasteiger partial charge in [0.25, 0.3) is 0 Å². The van der Waals surface area contributed by atoms with Gasteiger partial charge < -0.3 is 10.0 Å². The van der Waals surface area contributed by atoms with E-state index in [9.17, 15) is 14.7 Å². The molecule has 5 heteroatoms. The first kappa shape index (κ1) is 18.6. The summed E-state index contributed by atoms with van der Waals surface area (Å²) in [5.41, 5.74) is 0.448. The summed E-state index contributed by atoms with van der Waals surface area (Å²) in [6.45, 7) is 5.89. The Kier molecular flexibility index (Phi) is 4.93. The van der Waals surface area contributed by atoms with Crippen LogP contribution in [0, 0.1) is 11.3 Å². The number of aromatic hydroxyl groups is 1. The number of phenolic OH excluding ortho intramolecular Hbond substituents is 1. The monoisotopic (exact) mass is 415 g/mol. The molecule has 1 saturated heterocycles. The van der Waals surface area contributed by atoms with E-state index in [2.05, 4.69) is 15.9 Å². The van der Waals surface area contributed by atoms with Gasteiger partial charge in [-0.05, 0) is 59.0 Å². The van der Waals surface area contributed by atoms with Gasteiger partial charge in [-0.1, -0.05) is 38.1 Å². The van der Waals surface area contributed by atoms with Crippen LogP contribution in [0.3, 0.4) is 0 Å². The van der Waals surface area contributed by atoms with Crippen molar-refractivity contribution in [2.45, 2.75) is 33.2 Å². The van der Waals surface area contributed by atoms with Crippen LogP contribution in [0.1, 0.15) is 37.6 Å². The number of carbonyl (C=O) groups is 2. The number of phenols is 1. The van der Waals surface area contributed by atoms with E-state index >= 15 is 0 Å². The summed E-state index contributed by atoms with van der Waals surface area (Å²) >= 11 is 3.51. The molecule has 4 nitrogen and oxygen atoms in total. The summed E-state index contributed by atoms with van der Waals surface area (Å²) in [6.07, 6.45) is 0.685. The molecule has 1 aliphatic rings. The number of rotatable bonds is 3. The maximum absolute atomic E-state index is 13.4. The van der Waals surface area contributed by atoms with E-state index in [0.717, 1.165) is 10.2 Å². The van der Waals surface area contributed by atoms with E-state index in [0.29, 0.717) is 6.42 Å². The smallest absolute Gasteiger partial charge is 0.238 e. The van der Waals surface area contributed by atoms with Crippen molar-refractivity contribution in [2.24, 2.45) is 11.3 Å². The van der Waals surface area contributed by atoms with Gasteiger partial charge in [0, 0.05) is 10.5 Å². The number of Topliss-reactive ketones (excluding diaryl/α,β-unsaturated/α-hetero) is 1. The first-order valence-corrected chi connectivity index (χ1v) is 9.43. The molecule has 3 rings (SSSR count). The summed E-state index contributed by atoms with van der Waals surface area (Å²) in [4.78, 5) is 28.3. The molecular weight excluding hydrogens is 394 g/mol. The van der Waals surface area contributed by atoms with Crippen molar-refractivity contribution in [3.8, 4) is 5.75 Å². The van der Waals surface area contributed by atoms with E-state index in [4.69, 9.17) is 0 Å². The van der Waals surface area contributed by atoms with E-state index in [1.165, 1.54) is 6.07 Å². The molecule has 0 bridgehead atoms. The summed E-state index contributed by atoms with van der Waals surface area (Å²) in [5, 5.41) is 10.1. The van der Waals surface area contributed by atoms with Crippen molar-refractivity contribution >= 4 is 33.3 Å². The number of ketones is 1. The van der Waals surface area contributed by atoms with Gasteiger partial charge in [-0.2, -0.15) is 0 Å². The van der Waals surface area contributed by atoms with Gasteiger partial charge in [-0.15, -0.1) is 0 Å². The Hall–Kier alpha value is -2.14. The lowest BCUT2D eigenvalue weighted by Crippen LogP contribution is -2.56. The number of anilines is 1. The molecule has 0 aromatic heterocycles. The first-order chi connectivity index (χ1) is 12.2. The van der Waals surface area contributed by atoms with E-state index in [1.807, 2.05) is 45.0 Å². The zero-order valence-electron chi connectivity index (χ0n) is 15.1. The number of para-hydroxylation sites is 2. The highest BCUT2D eigenvalue weighted by molar-refractivity contribution is 9.10. The minimum Gasteiger partial charge on any atom is -0.507 e. The molecular formula is C21H22BrNO3. The SMILES string of the molecule is CC1CC(C)(C)C(C(=O)c2ccccc2O)C(=O)N1c1ccccc1Br. The van der Waals surface area contributed by atoms with Crippen LogP contribution < -0.4 is 4.90 Å². The third-order valence-corrected chi connectivity index (χ3v) is 5.74. The standard InChI is InChI=1S/C21H22BrNO3/c1-13-12-21(2,3)18(19(25)14-8-4-7-11-17(14)24)20(26)23(13)16-10-6-5-9-15(16)22/h4-11,13,18,24H,12H2,1-3H3. The molecule has 1 heterocycles. The number of amides is 1. The summed E-state index contributed by atoms with van der Waals surface area (Å²) < 4.78 is 0.814. The van der Waals surface area contributed by atoms with E-state index in [1.54, 1.807) is 23.1 Å². The Labute approximate surface area is 162 Å². The minimum atomic E-state index is -0.848. The second-order valence-electron chi connectivity index (χ2n) is 7.52. The third kappa shape index (κ3) is 3.16.